The van der Waals surface area contributed by atoms with Crippen LogP contribution in [-0.4, -0.2) is 34.3 Å². The highest BCUT2D eigenvalue weighted by Crippen LogP contribution is 2.22. The SMILES string of the molecule is CCCn1ccnc1SCC(=O)Nc1ccc(N2CCCC2)cc1. The van der Waals surface area contributed by atoms with Gasteiger partial charge in [-0.05, 0) is 43.5 Å². The quantitative estimate of drug-likeness (QED) is 0.779. The molecule has 1 saturated heterocycles. The molecule has 1 aromatic carbocycles. The molecule has 6 heteroatoms. The highest BCUT2D eigenvalue weighted by molar-refractivity contribution is 7.99. The molecular weight excluding hydrogens is 320 g/mol. The molecular formula is C18H24N4OS. The van der Waals surface area contributed by atoms with Crippen LogP contribution in [0.4, 0.5) is 11.4 Å². The van der Waals surface area contributed by atoms with Crippen molar-refractivity contribution in [2.24, 2.45) is 0 Å². The number of benzene rings is 1. The number of aryl methyl sites for hydroxylation is 1. The van der Waals surface area contributed by atoms with Crippen LogP contribution in [0.5, 0.6) is 0 Å². The molecule has 3 rings (SSSR count). The molecule has 0 bridgehead atoms. The first-order valence-electron chi connectivity index (χ1n) is 8.55. The average molecular weight is 344 g/mol. The lowest BCUT2D eigenvalue weighted by Crippen LogP contribution is -2.18. The van der Waals surface area contributed by atoms with E-state index in [1.54, 1.807) is 6.20 Å². The maximum Gasteiger partial charge on any atom is 0.234 e. The molecule has 0 aliphatic carbocycles. The molecule has 2 aromatic rings. The number of rotatable bonds is 7. The number of carbonyl (C=O) groups excluding carboxylic acids is 1. The van der Waals surface area contributed by atoms with Crippen LogP contribution in [0.25, 0.3) is 0 Å². The minimum absolute atomic E-state index is 0.0000269. The summed E-state index contributed by atoms with van der Waals surface area (Å²) in [5.74, 6) is 0.370. The fourth-order valence-electron chi connectivity index (χ4n) is 2.90. The van der Waals surface area contributed by atoms with Gasteiger partial charge in [0.1, 0.15) is 0 Å². The molecule has 1 aliphatic rings. The van der Waals surface area contributed by atoms with Gasteiger partial charge in [-0.2, -0.15) is 0 Å². The molecule has 24 heavy (non-hydrogen) atoms. The third-order valence-electron chi connectivity index (χ3n) is 4.10. The first kappa shape index (κ1) is 16.9. The summed E-state index contributed by atoms with van der Waals surface area (Å²) in [7, 11) is 0. The molecule has 0 unspecified atom stereocenters. The van der Waals surface area contributed by atoms with Gasteiger partial charge in [-0.25, -0.2) is 4.98 Å². The van der Waals surface area contributed by atoms with Crippen molar-refractivity contribution in [2.75, 3.05) is 29.1 Å². The summed E-state index contributed by atoms with van der Waals surface area (Å²) in [6.07, 6.45) is 7.33. The molecule has 1 aromatic heterocycles. The fraction of sp³-hybridized carbons (Fsp3) is 0.444. The Labute approximate surface area is 147 Å². The smallest absolute Gasteiger partial charge is 0.234 e. The van der Waals surface area contributed by atoms with Gasteiger partial charge >= 0.3 is 0 Å². The van der Waals surface area contributed by atoms with Crippen LogP contribution in [0.3, 0.4) is 0 Å². The average Bonchev–Trinajstić information content (AvgIpc) is 3.26. The van der Waals surface area contributed by atoms with Crippen LogP contribution in [0.15, 0.2) is 41.8 Å². The number of nitrogens with zero attached hydrogens (tertiary/aromatic N) is 3. The highest BCUT2D eigenvalue weighted by Gasteiger charge is 2.12. The standard InChI is InChI=1S/C18H24N4OS/c1-2-10-22-13-9-19-18(22)24-14-17(23)20-15-5-7-16(8-6-15)21-11-3-4-12-21/h5-9,13H,2-4,10-12,14H2,1H3,(H,20,23). The summed E-state index contributed by atoms with van der Waals surface area (Å²) in [5.41, 5.74) is 2.09. The predicted octanol–water partition coefficient (Wildman–Crippen LogP) is 3.62. The van der Waals surface area contributed by atoms with Gasteiger partial charge in [0.15, 0.2) is 5.16 Å². The van der Waals surface area contributed by atoms with E-state index < -0.39 is 0 Å². The van der Waals surface area contributed by atoms with Crippen molar-refractivity contribution in [2.45, 2.75) is 37.9 Å². The number of hydrogen-bond acceptors (Lipinski definition) is 4. The zero-order valence-corrected chi connectivity index (χ0v) is 14.9. The number of thioether (sulfide) groups is 1. The van der Waals surface area contributed by atoms with Crippen LogP contribution in [0, 0.1) is 0 Å². The number of nitrogens with one attached hydrogen (secondary N) is 1. The van der Waals surface area contributed by atoms with Gasteiger partial charge in [-0.1, -0.05) is 18.7 Å². The predicted molar refractivity (Wildman–Crippen MR) is 99.8 cm³/mol. The highest BCUT2D eigenvalue weighted by atomic mass is 32.2. The van der Waals surface area contributed by atoms with Gasteiger partial charge in [0.2, 0.25) is 5.91 Å². The van der Waals surface area contributed by atoms with E-state index in [9.17, 15) is 4.79 Å². The van der Waals surface area contributed by atoms with E-state index in [0.717, 1.165) is 36.9 Å². The largest absolute Gasteiger partial charge is 0.372 e. The minimum Gasteiger partial charge on any atom is -0.372 e. The normalized spacial score (nSPS) is 14.1. The molecule has 0 radical (unpaired) electrons. The second kappa shape index (κ2) is 8.24. The Morgan fingerprint density at radius 3 is 2.71 bits per heavy atom. The van der Waals surface area contributed by atoms with E-state index in [1.807, 2.05) is 18.3 Å². The molecule has 1 fully saturated rings. The third-order valence-corrected chi connectivity index (χ3v) is 5.10. The maximum atomic E-state index is 12.1. The Balaban J connectivity index is 1.50. The van der Waals surface area contributed by atoms with Crippen molar-refractivity contribution in [3.05, 3.63) is 36.7 Å². The number of amides is 1. The maximum absolute atomic E-state index is 12.1. The lowest BCUT2D eigenvalue weighted by Gasteiger charge is -2.17. The molecule has 0 saturated carbocycles. The summed E-state index contributed by atoms with van der Waals surface area (Å²) in [6.45, 7) is 5.33. The van der Waals surface area contributed by atoms with Crippen molar-refractivity contribution < 1.29 is 4.79 Å². The monoisotopic (exact) mass is 344 g/mol. The molecule has 128 valence electrons. The van der Waals surface area contributed by atoms with Gasteiger partial charge in [0.25, 0.3) is 0 Å². The molecule has 0 atom stereocenters. The minimum atomic E-state index is -0.0000269. The van der Waals surface area contributed by atoms with Crippen LogP contribution >= 0.6 is 11.8 Å². The zero-order chi connectivity index (χ0) is 16.8. The van der Waals surface area contributed by atoms with Gasteiger partial charge in [0.05, 0.1) is 5.75 Å². The first-order chi connectivity index (χ1) is 11.8. The van der Waals surface area contributed by atoms with Crippen LogP contribution in [-0.2, 0) is 11.3 Å². The second-order valence-corrected chi connectivity index (χ2v) is 6.92. The van der Waals surface area contributed by atoms with Crippen molar-refractivity contribution in [3.63, 3.8) is 0 Å². The van der Waals surface area contributed by atoms with E-state index in [2.05, 4.69) is 38.8 Å². The molecule has 0 spiro atoms. The van der Waals surface area contributed by atoms with Gasteiger partial charge in [-0.3, -0.25) is 4.79 Å². The van der Waals surface area contributed by atoms with E-state index in [-0.39, 0.29) is 5.91 Å². The van der Waals surface area contributed by atoms with Crippen LogP contribution in [0.1, 0.15) is 26.2 Å². The fourth-order valence-corrected chi connectivity index (χ4v) is 3.69. The van der Waals surface area contributed by atoms with Crippen molar-refractivity contribution in [3.8, 4) is 0 Å². The summed E-state index contributed by atoms with van der Waals surface area (Å²) in [4.78, 5) is 18.8. The molecule has 1 aliphatic heterocycles. The van der Waals surface area contributed by atoms with Gasteiger partial charge in [-0.15, -0.1) is 0 Å². The Kier molecular flexibility index (Phi) is 5.80. The zero-order valence-electron chi connectivity index (χ0n) is 14.1. The topological polar surface area (TPSA) is 50.2 Å². The summed E-state index contributed by atoms with van der Waals surface area (Å²) in [6, 6.07) is 8.13. The number of hydrogen-bond donors (Lipinski definition) is 1. The van der Waals surface area contributed by atoms with E-state index in [0.29, 0.717) is 5.75 Å². The van der Waals surface area contributed by atoms with E-state index in [4.69, 9.17) is 0 Å². The second-order valence-electron chi connectivity index (χ2n) is 5.98. The van der Waals surface area contributed by atoms with Gasteiger partial charge in [0, 0.05) is 43.4 Å². The van der Waals surface area contributed by atoms with E-state index >= 15 is 0 Å². The lowest BCUT2D eigenvalue weighted by molar-refractivity contribution is -0.113. The first-order valence-corrected chi connectivity index (χ1v) is 9.53. The molecule has 5 nitrogen and oxygen atoms in total. The Hall–Kier alpha value is -1.95. The van der Waals surface area contributed by atoms with Crippen LogP contribution in [0.2, 0.25) is 0 Å². The van der Waals surface area contributed by atoms with Crippen molar-refractivity contribution in [1.29, 1.82) is 0 Å². The summed E-state index contributed by atoms with van der Waals surface area (Å²) in [5, 5.41) is 3.86. The number of imidazole rings is 1. The third kappa shape index (κ3) is 4.32. The number of aromatic nitrogens is 2. The summed E-state index contributed by atoms with van der Waals surface area (Å²) >= 11 is 1.48. The number of carbonyl (C=O) groups is 1. The Bertz CT molecular complexity index is 662. The Morgan fingerprint density at radius 1 is 1.25 bits per heavy atom. The number of anilines is 2. The van der Waals surface area contributed by atoms with Crippen LogP contribution < -0.4 is 10.2 Å². The van der Waals surface area contributed by atoms with Gasteiger partial charge < -0.3 is 14.8 Å². The summed E-state index contributed by atoms with van der Waals surface area (Å²) < 4.78 is 2.09. The molecule has 1 amide bonds. The Morgan fingerprint density at radius 2 is 2.00 bits per heavy atom. The molecule has 1 N–H and O–H groups in total. The van der Waals surface area contributed by atoms with Crippen molar-refractivity contribution in [1.82, 2.24) is 9.55 Å². The van der Waals surface area contributed by atoms with Crippen molar-refractivity contribution >= 4 is 29.0 Å². The van der Waals surface area contributed by atoms with E-state index in [1.165, 1.54) is 30.3 Å². The lowest BCUT2D eigenvalue weighted by atomic mass is 10.2. The molecule has 2 heterocycles.